The Morgan fingerprint density at radius 3 is 2.18 bits per heavy atom. The van der Waals surface area contributed by atoms with Crippen molar-refractivity contribution in [2.75, 3.05) is 6.61 Å². The quantitative estimate of drug-likeness (QED) is 0.456. The van der Waals surface area contributed by atoms with Crippen LogP contribution in [-0.2, 0) is 14.3 Å². The number of rotatable bonds is 11. The molecule has 3 N–H and O–H groups in total. The summed E-state index contributed by atoms with van der Waals surface area (Å²) >= 11 is 0. The van der Waals surface area contributed by atoms with Gasteiger partial charge in [0, 0.05) is 12.0 Å². The molecule has 2 amide bonds. The molecule has 34 heavy (non-hydrogen) atoms. The molecule has 0 spiro atoms. The van der Waals surface area contributed by atoms with E-state index in [0.717, 1.165) is 47.9 Å². The molecular weight excluding hydrogens is 432 g/mol. The zero-order chi connectivity index (χ0) is 24.1. The molecule has 1 saturated carbocycles. The van der Waals surface area contributed by atoms with Gasteiger partial charge in [-0.05, 0) is 47.4 Å². The number of unbranched alkanes of at least 4 members (excludes halogenated alkanes) is 1. The number of nitrogens with one attached hydrogen (secondary N) is 2. The Morgan fingerprint density at radius 2 is 1.62 bits per heavy atom. The molecule has 2 aromatic rings. The van der Waals surface area contributed by atoms with Crippen LogP contribution in [0.5, 0.6) is 0 Å². The lowest BCUT2D eigenvalue weighted by molar-refractivity contribution is -0.138. The van der Waals surface area contributed by atoms with Crippen LogP contribution in [0, 0.1) is 5.92 Å². The third-order valence-corrected chi connectivity index (χ3v) is 6.71. The van der Waals surface area contributed by atoms with Crippen molar-refractivity contribution in [2.24, 2.45) is 5.92 Å². The summed E-state index contributed by atoms with van der Waals surface area (Å²) in [6.45, 7) is 2.19. The fourth-order valence-corrected chi connectivity index (χ4v) is 4.76. The molecule has 7 heteroatoms. The molecule has 0 radical (unpaired) electrons. The minimum atomic E-state index is -0.938. The van der Waals surface area contributed by atoms with Gasteiger partial charge in [-0.2, -0.15) is 0 Å². The monoisotopic (exact) mass is 464 g/mol. The second-order valence-corrected chi connectivity index (χ2v) is 9.22. The fourth-order valence-electron chi connectivity index (χ4n) is 4.76. The van der Waals surface area contributed by atoms with E-state index < -0.39 is 24.1 Å². The first kappa shape index (κ1) is 23.8. The van der Waals surface area contributed by atoms with E-state index in [1.165, 1.54) is 0 Å². The van der Waals surface area contributed by atoms with Gasteiger partial charge < -0.3 is 20.5 Å². The van der Waals surface area contributed by atoms with Gasteiger partial charge in [0.1, 0.15) is 12.6 Å². The summed E-state index contributed by atoms with van der Waals surface area (Å²) in [5, 5.41) is 14.7. The van der Waals surface area contributed by atoms with Gasteiger partial charge in [-0.25, -0.2) is 4.79 Å². The number of aliphatic carboxylic acids is 1. The van der Waals surface area contributed by atoms with Gasteiger partial charge in [0.2, 0.25) is 5.91 Å². The van der Waals surface area contributed by atoms with Gasteiger partial charge in [-0.15, -0.1) is 0 Å². The summed E-state index contributed by atoms with van der Waals surface area (Å²) in [6.07, 6.45) is 3.18. The highest BCUT2D eigenvalue weighted by atomic mass is 16.5. The lowest BCUT2D eigenvalue weighted by Gasteiger charge is -2.23. The number of fused-ring (bicyclic) bond motifs is 3. The lowest BCUT2D eigenvalue weighted by Crippen LogP contribution is -2.50. The molecule has 0 aromatic heterocycles. The van der Waals surface area contributed by atoms with Crippen molar-refractivity contribution < 1.29 is 24.2 Å². The van der Waals surface area contributed by atoms with E-state index in [4.69, 9.17) is 4.74 Å². The van der Waals surface area contributed by atoms with Crippen LogP contribution in [-0.4, -0.2) is 41.8 Å². The first-order chi connectivity index (χ1) is 16.5. The van der Waals surface area contributed by atoms with Crippen LogP contribution in [0.1, 0.15) is 62.5 Å². The predicted molar refractivity (Wildman–Crippen MR) is 128 cm³/mol. The Labute approximate surface area is 199 Å². The molecule has 4 rings (SSSR count). The summed E-state index contributed by atoms with van der Waals surface area (Å²) in [7, 11) is 0. The van der Waals surface area contributed by atoms with Gasteiger partial charge in [-0.1, -0.05) is 68.3 Å². The van der Waals surface area contributed by atoms with E-state index in [2.05, 4.69) is 34.9 Å². The molecule has 0 saturated heterocycles. The van der Waals surface area contributed by atoms with Crippen LogP contribution in [0.3, 0.4) is 0 Å². The van der Waals surface area contributed by atoms with E-state index >= 15 is 0 Å². The minimum Gasteiger partial charge on any atom is -0.481 e. The predicted octanol–water partition coefficient (Wildman–Crippen LogP) is 4.45. The highest BCUT2D eigenvalue weighted by Crippen LogP contribution is 2.44. The van der Waals surface area contributed by atoms with Crippen LogP contribution in [0.2, 0.25) is 0 Å². The highest BCUT2D eigenvalue weighted by molar-refractivity contribution is 5.86. The van der Waals surface area contributed by atoms with Crippen molar-refractivity contribution in [1.29, 1.82) is 0 Å². The standard InChI is InChI=1S/C27H32N2O5/c1-2-3-12-23(26(32)28-24(15-25(30)31)17-13-14-17)29-27(33)34-16-22-20-10-6-4-8-18(20)19-9-5-7-11-21(19)22/h4-11,17,22-24H,2-3,12-16H2,1H3,(H,28,32)(H,29,33)(H,30,31)/t23-,24?/m0/s1. The summed E-state index contributed by atoms with van der Waals surface area (Å²) in [4.78, 5) is 36.8. The minimum absolute atomic E-state index is 0.0594. The van der Waals surface area contributed by atoms with Crippen molar-refractivity contribution in [3.8, 4) is 11.1 Å². The van der Waals surface area contributed by atoms with Crippen molar-refractivity contribution in [1.82, 2.24) is 10.6 Å². The number of ether oxygens (including phenoxy) is 1. The average molecular weight is 465 g/mol. The second-order valence-electron chi connectivity index (χ2n) is 9.22. The molecule has 7 nitrogen and oxygen atoms in total. The molecule has 1 fully saturated rings. The first-order valence-electron chi connectivity index (χ1n) is 12.1. The van der Waals surface area contributed by atoms with Crippen molar-refractivity contribution in [2.45, 2.75) is 63.5 Å². The SMILES string of the molecule is CCCC[C@H](NC(=O)OCC1c2ccccc2-c2ccccc21)C(=O)NC(CC(=O)O)C1CC1. The largest absolute Gasteiger partial charge is 0.481 e. The first-order valence-corrected chi connectivity index (χ1v) is 12.1. The summed E-state index contributed by atoms with van der Waals surface area (Å²) < 4.78 is 5.61. The van der Waals surface area contributed by atoms with Crippen molar-refractivity contribution in [3.63, 3.8) is 0 Å². The fraction of sp³-hybridized carbons (Fsp3) is 0.444. The van der Waals surface area contributed by atoms with Gasteiger partial charge >= 0.3 is 12.1 Å². The Bertz CT molecular complexity index is 1000. The number of carboxylic acids is 1. The van der Waals surface area contributed by atoms with E-state index in [-0.39, 0.29) is 30.8 Å². The molecule has 180 valence electrons. The number of hydrogen-bond donors (Lipinski definition) is 3. The molecule has 0 bridgehead atoms. The van der Waals surface area contributed by atoms with Crippen LogP contribution in [0.15, 0.2) is 48.5 Å². The second kappa shape index (κ2) is 10.7. The number of benzene rings is 2. The summed E-state index contributed by atoms with van der Waals surface area (Å²) in [5.41, 5.74) is 4.55. The van der Waals surface area contributed by atoms with E-state index in [9.17, 15) is 19.5 Å². The third-order valence-electron chi connectivity index (χ3n) is 6.71. The average Bonchev–Trinajstić information content (AvgIpc) is 3.63. The van der Waals surface area contributed by atoms with Crippen molar-refractivity contribution in [3.05, 3.63) is 59.7 Å². The number of carbonyl (C=O) groups excluding carboxylic acids is 2. The van der Waals surface area contributed by atoms with Crippen molar-refractivity contribution >= 4 is 18.0 Å². The molecule has 0 aliphatic heterocycles. The Balaban J connectivity index is 1.38. The van der Waals surface area contributed by atoms with Crippen LogP contribution >= 0.6 is 0 Å². The maximum Gasteiger partial charge on any atom is 0.407 e. The Kier molecular flexibility index (Phi) is 7.50. The maximum absolute atomic E-state index is 12.9. The number of alkyl carbamates (subject to hydrolysis) is 1. The van der Waals surface area contributed by atoms with Gasteiger partial charge in [0.05, 0.1) is 6.42 Å². The molecule has 1 unspecified atom stereocenters. The maximum atomic E-state index is 12.9. The van der Waals surface area contributed by atoms with Gasteiger partial charge in [-0.3, -0.25) is 9.59 Å². The lowest BCUT2D eigenvalue weighted by atomic mass is 9.98. The van der Waals surface area contributed by atoms with Gasteiger partial charge in [0.25, 0.3) is 0 Å². The summed E-state index contributed by atoms with van der Waals surface area (Å²) in [5.74, 6) is -1.15. The van der Waals surface area contributed by atoms with Crippen LogP contribution < -0.4 is 10.6 Å². The zero-order valence-corrected chi connectivity index (χ0v) is 19.5. The van der Waals surface area contributed by atoms with E-state index in [1.54, 1.807) is 0 Å². The molecule has 2 atom stereocenters. The van der Waals surface area contributed by atoms with Crippen LogP contribution in [0.25, 0.3) is 11.1 Å². The zero-order valence-electron chi connectivity index (χ0n) is 19.5. The summed E-state index contributed by atoms with van der Waals surface area (Å²) in [6, 6.07) is 15.1. The van der Waals surface area contributed by atoms with E-state index in [0.29, 0.717) is 6.42 Å². The number of carbonyl (C=O) groups is 3. The van der Waals surface area contributed by atoms with E-state index in [1.807, 2.05) is 31.2 Å². The molecule has 2 aromatic carbocycles. The normalized spacial score (nSPS) is 16.1. The highest BCUT2D eigenvalue weighted by Gasteiger charge is 2.35. The topological polar surface area (TPSA) is 105 Å². The molecule has 2 aliphatic rings. The molecular formula is C27H32N2O5. The number of hydrogen-bond acceptors (Lipinski definition) is 4. The van der Waals surface area contributed by atoms with Gasteiger partial charge in [0.15, 0.2) is 0 Å². The Morgan fingerprint density at radius 1 is 1.00 bits per heavy atom. The van der Waals surface area contributed by atoms with Crippen LogP contribution in [0.4, 0.5) is 4.79 Å². The Hall–Kier alpha value is -3.35. The number of amides is 2. The smallest absolute Gasteiger partial charge is 0.407 e. The molecule has 2 aliphatic carbocycles. The molecule has 0 heterocycles. The number of carboxylic acid groups (broad SMARTS) is 1. The third kappa shape index (κ3) is 5.58.